The minimum atomic E-state index is 0.475. The molecule has 0 bridgehead atoms. The predicted molar refractivity (Wildman–Crippen MR) is 76.3 cm³/mol. The first-order valence-corrected chi connectivity index (χ1v) is 6.86. The molecule has 106 valence electrons. The van der Waals surface area contributed by atoms with Crippen LogP contribution in [0.4, 0.5) is 11.5 Å². The van der Waals surface area contributed by atoms with Crippen molar-refractivity contribution < 1.29 is 4.74 Å². The maximum Gasteiger partial charge on any atom is 0.242 e. The van der Waals surface area contributed by atoms with Crippen LogP contribution in [0.5, 0.6) is 5.88 Å². The van der Waals surface area contributed by atoms with E-state index in [1.54, 1.807) is 0 Å². The lowest BCUT2D eigenvalue weighted by Crippen LogP contribution is -2.20. The minimum Gasteiger partial charge on any atom is -0.476 e. The van der Waals surface area contributed by atoms with Crippen LogP contribution in [-0.4, -0.2) is 48.2 Å². The Morgan fingerprint density at radius 1 is 1.53 bits per heavy atom. The third-order valence-corrected chi connectivity index (χ3v) is 3.34. The lowest BCUT2D eigenvalue weighted by molar-refractivity contribution is 0.306. The first kappa shape index (κ1) is 13.9. The molecular formula is C13H23N5O. The van der Waals surface area contributed by atoms with Gasteiger partial charge in [-0.2, -0.15) is 4.98 Å². The molecule has 6 heteroatoms. The molecule has 2 heterocycles. The molecule has 1 aliphatic rings. The summed E-state index contributed by atoms with van der Waals surface area (Å²) >= 11 is 0. The van der Waals surface area contributed by atoms with Gasteiger partial charge in [0.15, 0.2) is 5.82 Å². The zero-order valence-corrected chi connectivity index (χ0v) is 11.7. The van der Waals surface area contributed by atoms with Crippen LogP contribution in [0.3, 0.4) is 0 Å². The number of hydrogen-bond acceptors (Lipinski definition) is 6. The summed E-state index contributed by atoms with van der Waals surface area (Å²) < 4.78 is 5.49. The summed E-state index contributed by atoms with van der Waals surface area (Å²) in [5, 5.41) is 3.31. The van der Waals surface area contributed by atoms with Crippen molar-refractivity contribution >= 4 is 11.5 Å². The van der Waals surface area contributed by atoms with Crippen LogP contribution in [-0.2, 0) is 0 Å². The smallest absolute Gasteiger partial charge is 0.242 e. The van der Waals surface area contributed by atoms with E-state index in [-0.39, 0.29) is 0 Å². The number of nitrogen functional groups attached to an aromatic ring is 1. The van der Waals surface area contributed by atoms with Gasteiger partial charge in [0.2, 0.25) is 5.88 Å². The molecule has 0 aliphatic carbocycles. The van der Waals surface area contributed by atoms with Crippen molar-refractivity contribution in [3.63, 3.8) is 0 Å². The van der Waals surface area contributed by atoms with Gasteiger partial charge in [-0.3, -0.25) is 0 Å². The molecule has 1 fully saturated rings. The van der Waals surface area contributed by atoms with Gasteiger partial charge in [0.1, 0.15) is 12.0 Å². The highest BCUT2D eigenvalue weighted by atomic mass is 16.5. The highest BCUT2D eigenvalue weighted by Gasteiger charge is 2.19. The Labute approximate surface area is 114 Å². The molecule has 6 nitrogen and oxygen atoms in total. The minimum absolute atomic E-state index is 0.475. The number of ether oxygens (including phenoxy) is 1. The Morgan fingerprint density at radius 2 is 2.37 bits per heavy atom. The van der Waals surface area contributed by atoms with E-state index in [4.69, 9.17) is 10.5 Å². The number of likely N-dealkylation sites (tertiary alicyclic amines) is 1. The third-order valence-electron chi connectivity index (χ3n) is 3.34. The van der Waals surface area contributed by atoms with Crippen LogP contribution in [0.1, 0.15) is 19.8 Å². The van der Waals surface area contributed by atoms with Gasteiger partial charge < -0.3 is 20.7 Å². The molecule has 0 aromatic carbocycles. The van der Waals surface area contributed by atoms with Crippen molar-refractivity contribution in [2.75, 3.05) is 44.3 Å². The first-order valence-electron chi connectivity index (χ1n) is 6.86. The number of nitrogens with two attached hydrogens (primary N) is 1. The molecule has 1 saturated heterocycles. The second-order valence-corrected chi connectivity index (χ2v) is 5.09. The van der Waals surface area contributed by atoms with Crippen LogP contribution in [0, 0.1) is 5.92 Å². The van der Waals surface area contributed by atoms with E-state index in [0.717, 1.165) is 26.1 Å². The topological polar surface area (TPSA) is 76.3 Å². The molecule has 1 atom stereocenters. The van der Waals surface area contributed by atoms with Crippen LogP contribution in [0.15, 0.2) is 6.33 Å². The molecule has 1 aliphatic heterocycles. The molecule has 0 saturated carbocycles. The van der Waals surface area contributed by atoms with Gasteiger partial charge >= 0.3 is 0 Å². The zero-order chi connectivity index (χ0) is 13.7. The molecule has 0 spiro atoms. The van der Waals surface area contributed by atoms with Gasteiger partial charge in [-0.15, -0.1) is 0 Å². The largest absolute Gasteiger partial charge is 0.476 e. The van der Waals surface area contributed by atoms with Gasteiger partial charge in [-0.1, -0.05) is 6.92 Å². The number of nitrogens with zero attached hydrogens (tertiary/aromatic N) is 3. The van der Waals surface area contributed by atoms with E-state index in [0.29, 0.717) is 29.9 Å². The van der Waals surface area contributed by atoms with Gasteiger partial charge in [0.25, 0.3) is 0 Å². The van der Waals surface area contributed by atoms with E-state index in [9.17, 15) is 0 Å². The summed E-state index contributed by atoms with van der Waals surface area (Å²) in [6, 6.07) is 0. The number of nitrogens with one attached hydrogen (secondary N) is 1. The SMILES string of the molecule is CCCOc1ncnc(NCC2CCN(C)C2)c1N. The Bertz CT molecular complexity index is 412. The molecule has 0 radical (unpaired) electrons. The number of rotatable bonds is 6. The van der Waals surface area contributed by atoms with E-state index in [1.807, 2.05) is 6.92 Å². The van der Waals surface area contributed by atoms with E-state index in [1.165, 1.54) is 12.7 Å². The van der Waals surface area contributed by atoms with E-state index < -0.39 is 0 Å². The number of aromatic nitrogens is 2. The summed E-state index contributed by atoms with van der Waals surface area (Å²) in [4.78, 5) is 10.6. The molecule has 1 aromatic heterocycles. The Kier molecular flexibility index (Phi) is 4.79. The molecule has 19 heavy (non-hydrogen) atoms. The first-order chi connectivity index (χ1) is 9.20. The van der Waals surface area contributed by atoms with E-state index >= 15 is 0 Å². The van der Waals surface area contributed by atoms with Gasteiger partial charge in [-0.05, 0) is 32.4 Å². The quantitative estimate of drug-likeness (QED) is 0.805. The van der Waals surface area contributed by atoms with Crippen molar-refractivity contribution in [2.45, 2.75) is 19.8 Å². The maximum atomic E-state index is 6.01. The average Bonchev–Trinajstić information content (AvgIpc) is 2.82. The molecule has 2 rings (SSSR count). The fraction of sp³-hybridized carbons (Fsp3) is 0.692. The van der Waals surface area contributed by atoms with Gasteiger partial charge in [0.05, 0.1) is 6.61 Å². The van der Waals surface area contributed by atoms with Crippen LogP contribution in [0.2, 0.25) is 0 Å². The number of anilines is 2. The standard InChI is InChI=1S/C13H23N5O/c1-3-6-19-13-11(14)12(16-9-17-13)15-7-10-4-5-18(2)8-10/h9-10H,3-8,14H2,1-2H3,(H,15,16,17). The molecule has 0 amide bonds. The summed E-state index contributed by atoms with van der Waals surface area (Å²) in [5.41, 5.74) is 6.52. The molecule has 3 N–H and O–H groups in total. The second-order valence-electron chi connectivity index (χ2n) is 5.09. The number of hydrogen-bond donors (Lipinski definition) is 2. The Morgan fingerprint density at radius 3 is 3.05 bits per heavy atom. The van der Waals surface area contributed by atoms with Crippen molar-refractivity contribution in [1.82, 2.24) is 14.9 Å². The summed E-state index contributed by atoms with van der Waals surface area (Å²) in [6.45, 7) is 5.84. The summed E-state index contributed by atoms with van der Waals surface area (Å²) in [5.74, 6) is 1.80. The summed E-state index contributed by atoms with van der Waals surface area (Å²) in [7, 11) is 2.15. The van der Waals surface area contributed by atoms with Crippen LogP contribution < -0.4 is 15.8 Å². The molecule has 1 aromatic rings. The highest BCUT2D eigenvalue weighted by molar-refractivity contribution is 5.66. The lowest BCUT2D eigenvalue weighted by atomic mass is 10.1. The van der Waals surface area contributed by atoms with Crippen molar-refractivity contribution in [3.8, 4) is 5.88 Å². The normalized spacial score (nSPS) is 19.6. The van der Waals surface area contributed by atoms with Crippen LogP contribution in [0.25, 0.3) is 0 Å². The fourth-order valence-electron chi connectivity index (χ4n) is 2.27. The maximum absolute atomic E-state index is 6.01. The van der Waals surface area contributed by atoms with Crippen LogP contribution >= 0.6 is 0 Å². The monoisotopic (exact) mass is 265 g/mol. The Hall–Kier alpha value is -1.56. The average molecular weight is 265 g/mol. The highest BCUT2D eigenvalue weighted by Crippen LogP contribution is 2.25. The lowest BCUT2D eigenvalue weighted by Gasteiger charge is -2.14. The van der Waals surface area contributed by atoms with Gasteiger partial charge in [0, 0.05) is 13.1 Å². The van der Waals surface area contributed by atoms with Crippen molar-refractivity contribution in [2.24, 2.45) is 5.92 Å². The third kappa shape index (κ3) is 3.70. The zero-order valence-electron chi connectivity index (χ0n) is 11.7. The van der Waals surface area contributed by atoms with Crippen molar-refractivity contribution in [3.05, 3.63) is 6.33 Å². The molecule has 1 unspecified atom stereocenters. The molecular weight excluding hydrogens is 242 g/mol. The van der Waals surface area contributed by atoms with E-state index in [2.05, 4.69) is 27.2 Å². The predicted octanol–water partition coefficient (Wildman–Crippen LogP) is 1.21. The summed E-state index contributed by atoms with van der Waals surface area (Å²) in [6.07, 6.45) is 3.64. The van der Waals surface area contributed by atoms with Crippen molar-refractivity contribution in [1.29, 1.82) is 0 Å². The second kappa shape index (κ2) is 6.56. The fourth-order valence-corrected chi connectivity index (χ4v) is 2.27. The van der Waals surface area contributed by atoms with Gasteiger partial charge in [-0.25, -0.2) is 4.98 Å². The Balaban J connectivity index is 1.92.